The van der Waals surface area contributed by atoms with Crippen LogP contribution in [0.3, 0.4) is 0 Å². The highest BCUT2D eigenvalue weighted by molar-refractivity contribution is 5.95. The van der Waals surface area contributed by atoms with Crippen molar-refractivity contribution in [1.82, 2.24) is 4.98 Å². The Morgan fingerprint density at radius 2 is 1.97 bits per heavy atom. The van der Waals surface area contributed by atoms with E-state index < -0.39 is 5.97 Å². The maximum absolute atomic E-state index is 11.3. The molecular weight excluding hydrogens is 394 g/mol. The third kappa shape index (κ3) is 4.83. The number of aromatic nitrogens is 1. The van der Waals surface area contributed by atoms with Crippen LogP contribution in [0.1, 0.15) is 15.9 Å². The molecule has 3 rings (SSSR count). The zero-order valence-corrected chi connectivity index (χ0v) is 17.8. The maximum atomic E-state index is 11.3. The van der Waals surface area contributed by atoms with Crippen LogP contribution in [0.4, 0.5) is 5.82 Å². The van der Waals surface area contributed by atoms with Crippen LogP contribution in [0.2, 0.25) is 0 Å². The van der Waals surface area contributed by atoms with Crippen molar-refractivity contribution in [3.05, 3.63) is 58.0 Å². The zero-order chi connectivity index (χ0) is 22.4. The lowest BCUT2D eigenvalue weighted by Gasteiger charge is -2.12. The number of carbonyl (C=O) groups is 1. The van der Waals surface area contributed by atoms with Crippen LogP contribution in [-0.2, 0) is 6.42 Å². The van der Waals surface area contributed by atoms with Crippen LogP contribution in [0, 0.1) is 0 Å². The minimum atomic E-state index is -0.994. The molecule has 0 radical (unpaired) electrons. The summed E-state index contributed by atoms with van der Waals surface area (Å²) in [6.07, 6.45) is 4.25. The highest BCUT2D eigenvalue weighted by atomic mass is 16.5. The predicted octanol–water partition coefficient (Wildman–Crippen LogP) is 2.50. The Bertz CT molecular complexity index is 1250. The van der Waals surface area contributed by atoms with E-state index >= 15 is 0 Å². The normalized spacial score (nSPS) is 11.8. The number of nitrogens with one attached hydrogen (secondary N) is 1. The van der Waals surface area contributed by atoms with E-state index in [2.05, 4.69) is 21.9 Å². The molecule has 0 fully saturated rings. The molecule has 0 aliphatic rings. The van der Waals surface area contributed by atoms with Gasteiger partial charge >= 0.3 is 5.97 Å². The van der Waals surface area contributed by atoms with Gasteiger partial charge < -0.3 is 19.9 Å². The van der Waals surface area contributed by atoms with Crippen LogP contribution in [0.15, 0.2) is 41.4 Å². The number of aliphatic imine (C=N–C) groups is 1. The van der Waals surface area contributed by atoms with E-state index in [0.717, 1.165) is 27.8 Å². The molecule has 160 valence electrons. The van der Waals surface area contributed by atoms with Crippen molar-refractivity contribution in [3.63, 3.8) is 0 Å². The van der Waals surface area contributed by atoms with Gasteiger partial charge in [-0.05, 0) is 47.5 Å². The number of benzene rings is 2. The number of fused-ring (bicyclic) bond motifs is 1. The van der Waals surface area contributed by atoms with Gasteiger partial charge in [0, 0.05) is 30.4 Å². The van der Waals surface area contributed by atoms with Crippen LogP contribution < -0.4 is 25.2 Å². The molecule has 1 heterocycles. The van der Waals surface area contributed by atoms with Crippen molar-refractivity contribution >= 4 is 41.6 Å². The third-order valence-electron chi connectivity index (χ3n) is 4.93. The van der Waals surface area contributed by atoms with Gasteiger partial charge in [0.2, 0.25) is 0 Å². The number of pyridine rings is 1. The molecule has 0 bridgehead atoms. The molecule has 0 saturated heterocycles. The summed E-state index contributed by atoms with van der Waals surface area (Å²) in [5.41, 5.74) is 1.83. The van der Waals surface area contributed by atoms with E-state index in [1.165, 1.54) is 0 Å². The molecule has 31 heavy (non-hydrogen) atoms. The second kappa shape index (κ2) is 9.75. The number of ether oxygens (including phenoxy) is 2. The minimum Gasteiger partial charge on any atom is -0.493 e. The Labute approximate surface area is 180 Å². The Hall–Kier alpha value is -3.87. The highest BCUT2D eigenvalue weighted by Gasteiger charge is 2.09. The van der Waals surface area contributed by atoms with Gasteiger partial charge in [-0.25, -0.2) is 9.78 Å². The first-order valence-corrected chi connectivity index (χ1v) is 9.71. The first-order chi connectivity index (χ1) is 15.0. The van der Waals surface area contributed by atoms with E-state index in [-0.39, 0.29) is 5.56 Å². The molecule has 7 heteroatoms. The first-order valence-electron chi connectivity index (χ1n) is 9.71. The molecule has 0 unspecified atom stereocenters. The zero-order valence-electron chi connectivity index (χ0n) is 17.8. The van der Waals surface area contributed by atoms with Gasteiger partial charge in [0.15, 0.2) is 11.5 Å². The summed E-state index contributed by atoms with van der Waals surface area (Å²) in [5.74, 6) is 0.992. The van der Waals surface area contributed by atoms with Gasteiger partial charge in [-0.3, -0.25) is 4.99 Å². The SMILES string of the molecule is C=c1/c(=C\C=N/C)c(NCCc2ccc(OC)c(OC)c2)nc2cc(C(=O)O)ccc12. The average Bonchev–Trinajstić information content (AvgIpc) is 2.78. The van der Waals surface area contributed by atoms with E-state index in [0.29, 0.717) is 29.4 Å². The summed E-state index contributed by atoms with van der Waals surface area (Å²) < 4.78 is 10.6. The number of carboxylic acids is 1. The molecule has 2 N–H and O–H groups in total. The van der Waals surface area contributed by atoms with Gasteiger partial charge in [0.25, 0.3) is 0 Å². The van der Waals surface area contributed by atoms with Crippen molar-refractivity contribution in [2.24, 2.45) is 4.99 Å². The van der Waals surface area contributed by atoms with Crippen LogP contribution >= 0.6 is 0 Å². The van der Waals surface area contributed by atoms with Gasteiger partial charge in [-0.1, -0.05) is 18.7 Å². The van der Waals surface area contributed by atoms with Gasteiger partial charge in [0.1, 0.15) is 5.82 Å². The molecule has 0 aliphatic carbocycles. The summed E-state index contributed by atoms with van der Waals surface area (Å²) in [6, 6.07) is 10.7. The minimum absolute atomic E-state index is 0.183. The number of carboxylic acid groups (broad SMARTS) is 1. The molecular formula is C24H25N3O4. The van der Waals surface area contributed by atoms with E-state index in [1.807, 2.05) is 24.3 Å². The number of anilines is 1. The first kappa shape index (κ1) is 21.8. The number of aromatic carboxylic acids is 1. The van der Waals surface area contributed by atoms with Crippen LogP contribution in [0.5, 0.6) is 11.5 Å². The standard InChI is InChI=1S/C24H25N3O4/c1-15-18-7-6-17(24(28)29)14-20(18)27-23(19(15)10-11-25-2)26-12-9-16-5-8-21(30-3)22(13-16)31-4/h5-8,10-11,13-14H,1,9,12H2,2-4H3,(H,26,27)(H,28,29)/b19-10+,25-11-. The molecule has 0 aliphatic heterocycles. The Morgan fingerprint density at radius 3 is 2.65 bits per heavy atom. The lowest BCUT2D eigenvalue weighted by Crippen LogP contribution is -2.30. The Balaban J connectivity index is 1.94. The maximum Gasteiger partial charge on any atom is 0.335 e. The number of methoxy groups -OCH3 is 2. The second-order valence-corrected chi connectivity index (χ2v) is 6.83. The van der Waals surface area contributed by atoms with Crippen molar-refractivity contribution in [2.45, 2.75) is 6.42 Å². The van der Waals surface area contributed by atoms with E-state index in [9.17, 15) is 9.90 Å². The summed E-state index contributed by atoms with van der Waals surface area (Å²) in [5, 5.41) is 15.0. The highest BCUT2D eigenvalue weighted by Crippen LogP contribution is 2.27. The van der Waals surface area contributed by atoms with Gasteiger partial charge in [-0.15, -0.1) is 0 Å². The van der Waals surface area contributed by atoms with Gasteiger partial charge in [0.05, 0.1) is 25.3 Å². The number of nitrogens with zero attached hydrogens (tertiary/aromatic N) is 2. The Morgan fingerprint density at radius 1 is 1.19 bits per heavy atom. The molecule has 0 spiro atoms. The fraction of sp³-hybridized carbons (Fsp3) is 0.208. The second-order valence-electron chi connectivity index (χ2n) is 6.83. The molecule has 0 amide bonds. The predicted molar refractivity (Wildman–Crippen MR) is 124 cm³/mol. The van der Waals surface area contributed by atoms with Crippen LogP contribution in [0.25, 0.3) is 23.6 Å². The summed E-state index contributed by atoms with van der Waals surface area (Å²) in [6.45, 7) is 4.80. The van der Waals surface area contributed by atoms with Crippen LogP contribution in [-0.4, -0.2) is 50.1 Å². The number of rotatable bonds is 8. The molecule has 0 saturated carbocycles. The largest absolute Gasteiger partial charge is 0.493 e. The average molecular weight is 419 g/mol. The summed E-state index contributed by atoms with van der Waals surface area (Å²) in [4.78, 5) is 20.0. The quantitative estimate of drug-likeness (QED) is 0.545. The smallest absolute Gasteiger partial charge is 0.335 e. The third-order valence-corrected chi connectivity index (χ3v) is 4.93. The number of hydrogen-bond acceptors (Lipinski definition) is 6. The van der Waals surface area contributed by atoms with Crippen molar-refractivity contribution < 1.29 is 19.4 Å². The molecule has 0 atom stereocenters. The van der Waals surface area contributed by atoms with E-state index in [1.54, 1.807) is 45.7 Å². The summed E-state index contributed by atoms with van der Waals surface area (Å²) in [7, 11) is 4.91. The van der Waals surface area contributed by atoms with Crippen molar-refractivity contribution in [2.75, 3.05) is 33.1 Å². The lowest BCUT2D eigenvalue weighted by atomic mass is 10.1. The molecule has 2 aromatic carbocycles. The van der Waals surface area contributed by atoms with Crippen molar-refractivity contribution in [3.8, 4) is 11.5 Å². The fourth-order valence-corrected chi connectivity index (χ4v) is 3.31. The molecule has 3 aromatic rings. The van der Waals surface area contributed by atoms with Gasteiger partial charge in [-0.2, -0.15) is 0 Å². The lowest BCUT2D eigenvalue weighted by molar-refractivity contribution is 0.0697. The fourth-order valence-electron chi connectivity index (χ4n) is 3.31. The summed E-state index contributed by atoms with van der Waals surface area (Å²) >= 11 is 0. The van der Waals surface area contributed by atoms with E-state index in [4.69, 9.17) is 9.47 Å². The molecule has 1 aromatic heterocycles. The Kier molecular flexibility index (Phi) is 6.87. The monoisotopic (exact) mass is 419 g/mol. The topological polar surface area (TPSA) is 93.0 Å². The van der Waals surface area contributed by atoms with Crippen molar-refractivity contribution in [1.29, 1.82) is 0 Å². The number of hydrogen-bond donors (Lipinski definition) is 2. The molecule has 7 nitrogen and oxygen atoms in total.